The highest BCUT2D eigenvalue weighted by atomic mass is 16.5. The van der Waals surface area contributed by atoms with E-state index in [1.807, 2.05) is 0 Å². The third-order valence-electron chi connectivity index (χ3n) is 5.42. The number of guanidine groups is 1. The summed E-state index contributed by atoms with van der Waals surface area (Å²) in [6.45, 7) is 11.7. The van der Waals surface area contributed by atoms with E-state index in [0.717, 1.165) is 62.8 Å². The summed E-state index contributed by atoms with van der Waals surface area (Å²) in [5.74, 6) is 3.60. The molecule has 0 aromatic heterocycles. The van der Waals surface area contributed by atoms with Gasteiger partial charge in [0.05, 0.1) is 6.54 Å². The Labute approximate surface area is 152 Å². The minimum atomic E-state index is 0.770. The molecule has 1 saturated heterocycles. The third-order valence-corrected chi connectivity index (χ3v) is 5.42. The van der Waals surface area contributed by atoms with Crippen molar-refractivity contribution >= 4 is 5.96 Å². The molecule has 5 nitrogen and oxygen atoms in total. The van der Waals surface area contributed by atoms with Crippen LogP contribution in [0.3, 0.4) is 0 Å². The van der Waals surface area contributed by atoms with E-state index in [-0.39, 0.29) is 0 Å². The van der Waals surface area contributed by atoms with Crippen LogP contribution >= 0.6 is 0 Å². The van der Waals surface area contributed by atoms with Crippen LogP contribution in [0.15, 0.2) is 29.3 Å². The Morgan fingerprint density at radius 3 is 2.52 bits per heavy atom. The van der Waals surface area contributed by atoms with E-state index in [9.17, 15) is 0 Å². The van der Waals surface area contributed by atoms with Gasteiger partial charge in [-0.2, -0.15) is 0 Å². The second kappa shape index (κ2) is 8.56. The first-order valence-electron chi connectivity index (χ1n) is 9.55. The first-order chi connectivity index (χ1) is 12.1. The van der Waals surface area contributed by atoms with Gasteiger partial charge in [-0.25, -0.2) is 0 Å². The molecule has 0 saturated carbocycles. The number of nitrogens with zero attached hydrogens (tertiary/aromatic N) is 3. The zero-order valence-corrected chi connectivity index (χ0v) is 15.9. The minimum Gasteiger partial charge on any atom is -0.492 e. The van der Waals surface area contributed by atoms with Crippen LogP contribution in [0.5, 0.6) is 5.75 Å². The predicted molar refractivity (Wildman–Crippen MR) is 103 cm³/mol. The summed E-state index contributed by atoms with van der Waals surface area (Å²) in [7, 11) is 2.08. The lowest BCUT2D eigenvalue weighted by Crippen LogP contribution is -2.36. The van der Waals surface area contributed by atoms with Crippen LogP contribution in [-0.2, 0) is 6.42 Å². The van der Waals surface area contributed by atoms with Crippen LogP contribution in [0.25, 0.3) is 0 Å². The number of hydrogen-bond acceptors (Lipinski definition) is 5. The maximum atomic E-state index is 5.91. The lowest BCUT2D eigenvalue weighted by molar-refractivity contribution is 0.232. The molecule has 2 aliphatic heterocycles. The lowest BCUT2D eigenvalue weighted by atomic mass is 10.0. The van der Waals surface area contributed by atoms with Gasteiger partial charge in [0.15, 0.2) is 5.96 Å². The molecule has 5 heteroatoms. The maximum Gasteiger partial charge on any atom is 0.193 e. The zero-order chi connectivity index (χ0) is 17.6. The third kappa shape index (κ3) is 5.11. The standard InChI is InChI=1S/C20H32N4O/c1-16-14-24(15-17(16)2)12-13-25-19-6-4-18(5-7-19)8-9-21-20-22-10-11-23(20)3/h4-7,16-17H,8-15H2,1-3H3,(H,21,22). The fraction of sp³-hybridized carbons (Fsp3) is 0.650. The molecule has 2 heterocycles. The lowest BCUT2D eigenvalue weighted by Gasteiger charge is -2.16. The van der Waals surface area contributed by atoms with E-state index in [0.29, 0.717) is 0 Å². The van der Waals surface area contributed by atoms with Crippen LogP contribution in [0.2, 0.25) is 0 Å². The van der Waals surface area contributed by atoms with Gasteiger partial charge in [-0.3, -0.25) is 9.89 Å². The van der Waals surface area contributed by atoms with Crippen LogP contribution < -0.4 is 10.1 Å². The van der Waals surface area contributed by atoms with Crippen LogP contribution in [-0.4, -0.2) is 68.7 Å². The predicted octanol–water partition coefficient (Wildman–Crippen LogP) is 2.09. The smallest absolute Gasteiger partial charge is 0.193 e. The summed E-state index contributed by atoms with van der Waals surface area (Å²) in [6.07, 6.45) is 0.997. The molecular weight excluding hydrogens is 312 g/mol. The molecule has 1 aromatic rings. The van der Waals surface area contributed by atoms with E-state index in [1.165, 1.54) is 18.7 Å². The van der Waals surface area contributed by atoms with Gasteiger partial charge < -0.3 is 15.0 Å². The number of likely N-dealkylation sites (N-methyl/N-ethyl adjacent to an activating group) is 1. The monoisotopic (exact) mass is 344 g/mol. The molecule has 3 rings (SSSR count). The molecule has 1 fully saturated rings. The fourth-order valence-electron chi connectivity index (χ4n) is 3.52. The second-order valence-corrected chi connectivity index (χ2v) is 7.51. The van der Waals surface area contributed by atoms with Gasteiger partial charge in [0.2, 0.25) is 0 Å². The summed E-state index contributed by atoms with van der Waals surface area (Å²) in [5.41, 5.74) is 1.32. The Balaban J connectivity index is 1.34. The summed E-state index contributed by atoms with van der Waals surface area (Å²) in [5, 5.41) is 3.41. The highest BCUT2D eigenvalue weighted by Crippen LogP contribution is 2.21. The van der Waals surface area contributed by atoms with Gasteiger partial charge in [-0.1, -0.05) is 26.0 Å². The topological polar surface area (TPSA) is 40.1 Å². The van der Waals surface area contributed by atoms with E-state index < -0.39 is 0 Å². The summed E-state index contributed by atoms with van der Waals surface area (Å²) in [4.78, 5) is 9.12. The van der Waals surface area contributed by atoms with E-state index >= 15 is 0 Å². The largest absolute Gasteiger partial charge is 0.492 e. The van der Waals surface area contributed by atoms with Crippen molar-refractivity contribution in [3.05, 3.63) is 29.8 Å². The highest BCUT2D eigenvalue weighted by molar-refractivity contribution is 5.81. The fourth-order valence-corrected chi connectivity index (χ4v) is 3.52. The molecule has 0 radical (unpaired) electrons. The van der Waals surface area contributed by atoms with Gasteiger partial charge in [0.25, 0.3) is 0 Å². The molecule has 0 aliphatic carbocycles. The Morgan fingerprint density at radius 2 is 1.88 bits per heavy atom. The van der Waals surface area contributed by atoms with Crippen molar-refractivity contribution in [3.8, 4) is 5.75 Å². The SMILES string of the molecule is CC1CN(CCOc2ccc(CCNC3=NCCN3C)cc2)CC1C. The molecule has 0 amide bonds. The van der Waals surface area contributed by atoms with Gasteiger partial charge in [0.1, 0.15) is 12.4 Å². The average molecular weight is 345 g/mol. The van der Waals surface area contributed by atoms with Gasteiger partial charge in [0, 0.05) is 39.8 Å². The molecule has 2 aliphatic rings. The van der Waals surface area contributed by atoms with Gasteiger partial charge >= 0.3 is 0 Å². The zero-order valence-electron chi connectivity index (χ0n) is 15.9. The van der Waals surface area contributed by atoms with E-state index in [1.54, 1.807) is 0 Å². The average Bonchev–Trinajstić information content (AvgIpc) is 3.15. The van der Waals surface area contributed by atoms with Crippen molar-refractivity contribution in [2.75, 3.05) is 52.9 Å². The molecule has 0 bridgehead atoms. The number of aliphatic imine (C=N–C) groups is 1. The number of nitrogens with one attached hydrogen (secondary N) is 1. The first kappa shape index (κ1) is 18.1. The molecular formula is C20H32N4O. The maximum absolute atomic E-state index is 5.91. The summed E-state index contributed by atoms with van der Waals surface area (Å²) >= 11 is 0. The van der Waals surface area contributed by atoms with Crippen molar-refractivity contribution in [3.63, 3.8) is 0 Å². The second-order valence-electron chi connectivity index (χ2n) is 7.51. The van der Waals surface area contributed by atoms with Crippen molar-refractivity contribution in [2.24, 2.45) is 16.8 Å². The molecule has 1 aromatic carbocycles. The van der Waals surface area contributed by atoms with E-state index in [4.69, 9.17) is 4.74 Å². The van der Waals surface area contributed by atoms with Crippen molar-refractivity contribution in [2.45, 2.75) is 20.3 Å². The Morgan fingerprint density at radius 1 is 1.16 bits per heavy atom. The molecule has 138 valence electrons. The van der Waals surface area contributed by atoms with Crippen LogP contribution in [0.1, 0.15) is 19.4 Å². The summed E-state index contributed by atoms with van der Waals surface area (Å²) < 4.78 is 5.91. The molecule has 0 spiro atoms. The van der Waals surface area contributed by atoms with Crippen LogP contribution in [0, 0.1) is 11.8 Å². The molecule has 2 atom stereocenters. The summed E-state index contributed by atoms with van der Waals surface area (Å²) in [6, 6.07) is 8.50. The highest BCUT2D eigenvalue weighted by Gasteiger charge is 2.25. The quantitative estimate of drug-likeness (QED) is 0.822. The Hall–Kier alpha value is -1.75. The Bertz CT molecular complexity index is 562. The molecule has 2 unspecified atom stereocenters. The van der Waals surface area contributed by atoms with Crippen molar-refractivity contribution < 1.29 is 4.74 Å². The molecule has 1 N–H and O–H groups in total. The van der Waals surface area contributed by atoms with Crippen molar-refractivity contribution in [1.82, 2.24) is 15.1 Å². The number of ether oxygens (including phenoxy) is 1. The van der Waals surface area contributed by atoms with Gasteiger partial charge in [-0.05, 0) is 36.0 Å². The molecule has 25 heavy (non-hydrogen) atoms. The first-order valence-corrected chi connectivity index (χ1v) is 9.55. The number of likely N-dealkylation sites (tertiary alicyclic amines) is 1. The normalized spacial score (nSPS) is 23.8. The number of hydrogen-bond donors (Lipinski definition) is 1. The minimum absolute atomic E-state index is 0.770. The number of rotatable bonds is 7. The van der Waals surface area contributed by atoms with Gasteiger partial charge in [-0.15, -0.1) is 0 Å². The van der Waals surface area contributed by atoms with Crippen LogP contribution in [0.4, 0.5) is 0 Å². The van der Waals surface area contributed by atoms with Crippen molar-refractivity contribution in [1.29, 1.82) is 0 Å². The van der Waals surface area contributed by atoms with E-state index in [2.05, 4.69) is 65.3 Å². The Kier molecular flexibility index (Phi) is 6.19. The number of benzene rings is 1.